The average Bonchev–Trinajstić information content (AvgIpc) is 3.02. The molecule has 0 saturated heterocycles. The summed E-state index contributed by atoms with van der Waals surface area (Å²) in [4.78, 5) is 18.3. The van der Waals surface area contributed by atoms with E-state index in [4.69, 9.17) is 4.74 Å². The summed E-state index contributed by atoms with van der Waals surface area (Å²) < 4.78 is 7.07. The van der Waals surface area contributed by atoms with Gasteiger partial charge < -0.3 is 9.14 Å². The Morgan fingerprint density at radius 1 is 1.21 bits per heavy atom. The predicted molar refractivity (Wildman–Crippen MR) is 91.5 cm³/mol. The van der Waals surface area contributed by atoms with Gasteiger partial charge in [0.15, 0.2) is 0 Å². The molecule has 0 saturated carbocycles. The standard InChI is InChI=1S/C19H17N3O2/c1-13-12-22-15(11-20-13)7-8-17(22)18-16-6-4-3-5-14(16)9-10-21(18)19(23)24-2/h3-12,18H,1-2H3/t18-/m1/s1. The zero-order valence-corrected chi connectivity index (χ0v) is 13.5. The minimum Gasteiger partial charge on any atom is -0.452 e. The fraction of sp³-hybridized carbons (Fsp3) is 0.158. The molecule has 0 fully saturated rings. The van der Waals surface area contributed by atoms with E-state index in [0.29, 0.717) is 0 Å². The van der Waals surface area contributed by atoms with E-state index in [1.165, 1.54) is 7.11 Å². The van der Waals surface area contributed by atoms with Crippen LogP contribution in [0.1, 0.15) is 28.6 Å². The Morgan fingerprint density at radius 2 is 2.04 bits per heavy atom. The van der Waals surface area contributed by atoms with Crippen molar-refractivity contribution in [3.05, 3.63) is 77.5 Å². The van der Waals surface area contributed by atoms with E-state index >= 15 is 0 Å². The Balaban J connectivity index is 1.95. The highest BCUT2D eigenvalue weighted by molar-refractivity contribution is 5.74. The maximum Gasteiger partial charge on any atom is 0.414 e. The molecule has 1 aliphatic rings. The van der Waals surface area contributed by atoms with Crippen LogP contribution in [-0.2, 0) is 4.74 Å². The third-order valence-corrected chi connectivity index (χ3v) is 4.35. The van der Waals surface area contributed by atoms with Crippen molar-refractivity contribution in [2.75, 3.05) is 7.11 Å². The van der Waals surface area contributed by atoms with Crippen molar-refractivity contribution in [2.24, 2.45) is 0 Å². The van der Waals surface area contributed by atoms with Gasteiger partial charge in [-0.25, -0.2) is 4.79 Å². The van der Waals surface area contributed by atoms with Crippen LogP contribution < -0.4 is 0 Å². The number of methoxy groups -OCH3 is 1. The summed E-state index contributed by atoms with van der Waals surface area (Å²) >= 11 is 0. The lowest BCUT2D eigenvalue weighted by atomic mass is 9.94. The summed E-state index contributed by atoms with van der Waals surface area (Å²) in [5.74, 6) is 0. The average molecular weight is 319 g/mol. The van der Waals surface area contributed by atoms with Crippen LogP contribution in [0.3, 0.4) is 0 Å². The van der Waals surface area contributed by atoms with Gasteiger partial charge in [-0.2, -0.15) is 0 Å². The first-order chi connectivity index (χ1) is 11.7. The molecule has 1 atom stereocenters. The number of hydrogen-bond acceptors (Lipinski definition) is 3. The summed E-state index contributed by atoms with van der Waals surface area (Å²) in [7, 11) is 1.40. The van der Waals surface area contributed by atoms with Gasteiger partial charge >= 0.3 is 6.09 Å². The molecule has 5 heteroatoms. The highest BCUT2D eigenvalue weighted by atomic mass is 16.5. The van der Waals surface area contributed by atoms with Gasteiger partial charge in [0.2, 0.25) is 0 Å². The van der Waals surface area contributed by atoms with E-state index in [0.717, 1.165) is 28.0 Å². The lowest BCUT2D eigenvalue weighted by Crippen LogP contribution is -2.33. The van der Waals surface area contributed by atoms with E-state index in [-0.39, 0.29) is 12.1 Å². The van der Waals surface area contributed by atoms with Crippen LogP contribution in [0, 0.1) is 6.92 Å². The number of rotatable bonds is 1. The highest BCUT2D eigenvalue weighted by Gasteiger charge is 2.31. The molecule has 0 N–H and O–H groups in total. The predicted octanol–water partition coefficient (Wildman–Crippen LogP) is 3.78. The number of carbonyl (C=O) groups is 1. The van der Waals surface area contributed by atoms with Gasteiger partial charge in [-0.15, -0.1) is 0 Å². The number of hydrogen-bond donors (Lipinski definition) is 0. The third kappa shape index (κ3) is 2.17. The number of carbonyl (C=O) groups excluding carboxylic acids is 1. The third-order valence-electron chi connectivity index (χ3n) is 4.35. The van der Waals surface area contributed by atoms with E-state index in [9.17, 15) is 4.79 Å². The fourth-order valence-corrected chi connectivity index (χ4v) is 3.23. The molecule has 0 aliphatic carbocycles. The second-order valence-corrected chi connectivity index (χ2v) is 5.81. The number of benzene rings is 1. The maximum absolute atomic E-state index is 12.3. The summed E-state index contributed by atoms with van der Waals surface area (Å²) in [5.41, 5.74) is 5.08. The molecule has 5 nitrogen and oxygen atoms in total. The number of aromatic nitrogens is 2. The largest absolute Gasteiger partial charge is 0.452 e. The van der Waals surface area contributed by atoms with Gasteiger partial charge in [0.25, 0.3) is 0 Å². The molecule has 1 aliphatic heterocycles. The molecule has 1 aromatic carbocycles. The molecule has 24 heavy (non-hydrogen) atoms. The number of aryl methyl sites for hydroxylation is 1. The molecule has 2 aromatic heterocycles. The Kier molecular flexibility index (Phi) is 3.34. The zero-order valence-electron chi connectivity index (χ0n) is 13.5. The number of ether oxygens (including phenoxy) is 1. The van der Waals surface area contributed by atoms with Gasteiger partial charge in [-0.05, 0) is 36.3 Å². The van der Waals surface area contributed by atoms with Gasteiger partial charge in [0, 0.05) is 12.4 Å². The second-order valence-electron chi connectivity index (χ2n) is 5.81. The highest BCUT2D eigenvalue weighted by Crippen LogP contribution is 2.36. The minimum atomic E-state index is -0.383. The first-order valence-electron chi connectivity index (χ1n) is 7.76. The quantitative estimate of drug-likeness (QED) is 0.685. The summed E-state index contributed by atoms with van der Waals surface area (Å²) in [6.45, 7) is 1.95. The first kappa shape index (κ1) is 14.5. The summed E-state index contributed by atoms with van der Waals surface area (Å²) in [5, 5.41) is 0. The van der Waals surface area contributed by atoms with E-state index in [2.05, 4.69) is 15.5 Å². The molecule has 3 aromatic rings. The molecular formula is C19H17N3O2. The van der Waals surface area contributed by atoms with Crippen LogP contribution in [0.2, 0.25) is 0 Å². The number of nitrogens with zero attached hydrogens (tertiary/aromatic N) is 3. The Bertz CT molecular complexity index is 958. The van der Waals surface area contributed by atoms with Crippen molar-refractivity contribution in [2.45, 2.75) is 13.0 Å². The molecule has 0 unspecified atom stereocenters. The first-order valence-corrected chi connectivity index (χ1v) is 7.76. The van der Waals surface area contributed by atoms with Crippen LogP contribution in [0.4, 0.5) is 4.79 Å². The van der Waals surface area contributed by atoms with Crippen molar-refractivity contribution in [3.8, 4) is 0 Å². The molecule has 0 bridgehead atoms. The van der Waals surface area contributed by atoms with Crippen LogP contribution in [0.15, 0.2) is 55.0 Å². The van der Waals surface area contributed by atoms with E-state index in [1.54, 1.807) is 11.1 Å². The zero-order chi connectivity index (χ0) is 16.7. The number of fused-ring (bicyclic) bond motifs is 2. The van der Waals surface area contributed by atoms with Crippen molar-refractivity contribution in [1.29, 1.82) is 0 Å². The summed E-state index contributed by atoms with van der Waals surface area (Å²) in [6, 6.07) is 11.9. The Morgan fingerprint density at radius 3 is 2.88 bits per heavy atom. The monoisotopic (exact) mass is 319 g/mol. The molecule has 3 heterocycles. The molecule has 1 amide bonds. The van der Waals surface area contributed by atoms with Crippen molar-refractivity contribution >= 4 is 17.7 Å². The van der Waals surface area contributed by atoms with Crippen LogP contribution in [0.5, 0.6) is 0 Å². The SMILES string of the molecule is COC(=O)N1C=Cc2ccccc2[C@@H]1c1ccc2cnc(C)cn12. The van der Waals surface area contributed by atoms with Gasteiger partial charge in [-0.1, -0.05) is 24.3 Å². The normalized spacial score (nSPS) is 16.2. The lowest BCUT2D eigenvalue weighted by molar-refractivity contribution is 0.130. The molecule has 0 spiro atoms. The summed E-state index contributed by atoms with van der Waals surface area (Å²) in [6.07, 6.45) is 7.16. The fourth-order valence-electron chi connectivity index (χ4n) is 3.23. The molecule has 120 valence electrons. The number of amides is 1. The Labute approximate surface area is 139 Å². The molecule has 4 rings (SSSR count). The second kappa shape index (κ2) is 5.53. The Hall–Kier alpha value is -3.08. The molecular weight excluding hydrogens is 302 g/mol. The van der Waals surface area contributed by atoms with Crippen LogP contribution in [0.25, 0.3) is 11.6 Å². The van der Waals surface area contributed by atoms with Crippen molar-refractivity contribution < 1.29 is 9.53 Å². The van der Waals surface area contributed by atoms with Gasteiger partial charge in [-0.3, -0.25) is 9.88 Å². The van der Waals surface area contributed by atoms with Gasteiger partial charge in [0.1, 0.15) is 6.04 Å². The van der Waals surface area contributed by atoms with Crippen LogP contribution >= 0.6 is 0 Å². The van der Waals surface area contributed by atoms with Crippen LogP contribution in [-0.4, -0.2) is 27.5 Å². The maximum atomic E-state index is 12.3. The van der Waals surface area contributed by atoms with Crippen molar-refractivity contribution in [3.63, 3.8) is 0 Å². The smallest absolute Gasteiger partial charge is 0.414 e. The lowest BCUT2D eigenvalue weighted by Gasteiger charge is -2.32. The van der Waals surface area contributed by atoms with E-state index < -0.39 is 0 Å². The molecule has 0 radical (unpaired) electrons. The van der Waals surface area contributed by atoms with E-state index in [1.807, 2.05) is 55.7 Å². The van der Waals surface area contributed by atoms with Gasteiger partial charge in [0.05, 0.1) is 30.2 Å². The minimum absolute atomic E-state index is 0.247. The topological polar surface area (TPSA) is 46.8 Å². The van der Waals surface area contributed by atoms with Crippen molar-refractivity contribution in [1.82, 2.24) is 14.3 Å².